The second-order valence-corrected chi connectivity index (χ2v) is 6.16. The van der Waals surface area contributed by atoms with E-state index in [-0.39, 0.29) is 30.4 Å². The number of aromatic carboxylic acids is 1. The Kier molecular flexibility index (Phi) is 6.94. The normalized spacial score (nSPS) is 10.2. The molecule has 0 unspecified atom stereocenters. The minimum Gasteiger partial charge on any atom is -0.478 e. The van der Waals surface area contributed by atoms with Gasteiger partial charge in [-0.2, -0.15) is 0 Å². The van der Waals surface area contributed by atoms with Crippen molar-refractivity contribution in [2.45, 2.75) is 0 Å². The SMILES string of the molecule is O=C(CO)Nc1c(Br)c(NC(=O)CO)c(Br)c(C(=O)O)c1Br. The Morgan fingerprint density at radius 3 is 1.45 bits per heavy atom. The molecule has 0 aromatic heterocycles. The first-order valence-corrected chi connectivity index (χ1v) is 7.87. The number of halogens is 3. The number of anilines is 2. The summed E-state index contributed by atoms with van der Waals surface area (Å²) in [6.07, 6.45) is 0. The van der Waals surface area contributed by atoms with Crippen molar-refractivity contribution in [3.8, 4) is 0 Å². The Morgan fingerprint density at radius 2 is 1.18 bits per heavy atom. The molecule has 0 aliphatic heterocycles. The number of carboxylic acids is 1. The largest absolute Gasteiger partial charge is 0.478 e. The molecule has 11 heteroatoms. The molecule has 0 heterocycles. The van der Waals surface area contributed by atoms with Crippen LogP contribution in [0.1, 0.15) is 10.4 Å². The zero-order chi connectivity index (χ0) is 17.0. The Labute approximate surface area is 149 Å². The average Bonchev–Trinajstić information content (AvgIpc) is 2.47. The van der Waals surface area contributed by atoms with Crippen LogP contribution >= 0.6 is 47.8 Å². The van der Waals surface area contributed by atoms with Crippen molar-refractivity contribution in [1.82, 2.24) is 0 Å². The highest BCUT2D eigenvalue weighted by Crippen LogP contribution is 2.45. The van der Waals surface area contributed by atoms with Crippen molar-refractivity contribution < 1.29 is 29.7 Å². The first kappa shape index (κ1) is 19.0. The van der Waals surface area contributed by atoms with Gasteiger partial charge in [-0.05, 0) is 47.8 Å². The molecule has 0 saturated heterocycles. The van der Waals surface area contributed by atoms with Gasteiger partial charge in [0.1, 0.15) is 13.2 Å². The molecule has 0 radical (unpaired) electrons. The zero-order valence-electron chi connectivity index (χ0n) is 10.6. The summed E-state index contributed by atoms with van der Waals surface area (Å²) in [5.74, 6) is -2.88. The van der Waals surface area contributed by atoms with Crippen LogP contribution in [0.25, 0.3) is 0 Å². The van der Waals surface area contributed by atoms with E-state index in [2.05, 4.69) is 58.4 Å². The van der Waals surface area contributed by atoms with Crippen molar-refractivity contribution >= 4 is 76.9 Å². The Balaban J connectivity index is 3.59. The second-order valence-electron chi connectivity index (χ2n) is 3.78. The third kappa shape index (κ3) is 4.04. The fraction of sp³-hybridized carbons (Fsp3) is 0.182. The van der Waals surface area contributed by atoms with Crippen molar-refractivity contribution in [3.05, 3.63) is 19.0 Å². The van der Waals surface area contributed by atoms with Crippen LogP contribution in [0.4, 0.5) is 11.4 Å². The molecule has 0 atom stereocenters. The van der Waals surface area contributed by atoms with Crippen molar-refractivity contribution in [3.63, 3.8) is 0 Å². The Morgan fingerprint density at radius 1 is 0.818 bits per heavy atom. The predicted octanol–water partition coefficient (Wildman–Crippen LogP) is 1.53. The number of carboxylic acid groups (broad SMARTS) is 1. The minimum atomic E-state index is -1.33. The second kappa shape index (κ2) is 8.02. The maximum Gasteiger partial charge on any atom is 0.338 e. The van der Waals surface area contributed by atoms with Crippen LogP contribution in [0.15, 0.2) is 13.4 Å². The van der Waals surface area contributed by atoms with Crippen LogP contribution in [-0.2, 0) is 9.59 Å². The van der Waals surface area contributed by atoms with E-state index in [1.807, 2.05) is 0 Å². The summed E-state index contributed by atoms with van der Waals surface area (Å²) in [6.45, 7) is -1.62. The van der Waals surface area contributed by atoms with E-state index >= 15 is 0 Å². The number of aliphatic hydroxyl groups is 2. The topological polar surface area (TPSA) is 136 Å². The minimum absolute atomic E-state index is 0.00731. The molecular formula is C11H9Br3N2O6. The molecule has 8 nitrogen and oxygen atoms in total. The van der Waals surface area contributed by atoms with Gasteiger partial charge in [-0.3, -0.25) is 9.59 Å². The highest BCUT2D eigenvalue weighted by atomic mass is 79.9. The molecule has 0 aliphatic carbocycles. The molecular weight excluding hydrogens is 496 g/mol. The number of amides is 2. The van der Waals surface area contributed by atoms with Gasteiger partial charge < -0.3 is 26.0 Å². The van der Waals surface area contributed by atoms with Crippen molar-refractivity contribution in [2.75, 3.05) is 23.8 Å². The molecule has 120 valence electrons. The molecule has 0 aliphatic rings. The average molecular weight is 505 g/mol. The van der Waals surface area contributed by atoms with E-state index in [0.717, 1.165) is 0 Å². The van der Waals surface area contributed by atoms with E-state index in [4.69, 9.17) is 10.2 Å². The highest BCUT2D eigenvalue weighted by molar-refractivity contribution is 9.12. The monoisotopic (exact) mass is 502 g/mol. The van der Waals surface area contributed by atoms with Gasteiger partial charge in [0.15, 0.2) is 0 Å². The van der Waals surface area contributed by atoms with Crippen molar-refractivity contribution in [1.29, 1.82) is 0 Å². The van der Waals surface area contributed by atoms with Gasteiger partial charge in [0, 0.05) is 0 Å². The maximum atomic E-state index is 11.4. The highest BCUT2D eigenvalue weighted by Gasteiger charge is 2.26. The predicted molar refractivity (Wildman–Crippen MR) is 87.9 cm³/mol. The third-order valence-corrected chi connectivity index (χ3v) is 4.73. The Hall–Kier alpha value is -1.01. The lowest BCUT2D eigenvalue weighted by Gasteiger charge is -2.18. The number of hydrogen-bond donors (Lipinski definition) is 5. The third-order valence-electron chi connectivity index (χ3n) is 2.35. The van der Waals surface area contributed by atoms with E-state index in [9.17, 15) is 19.5 Å². The number of hydrogen-bond acceptors (Lipinski definition) is 5. The van der Waals surface area contributed by atoms with Crippen molar-refractivity contribution in [2.24, 2.45) is 0 Å². The van der Waals surface area contributed by atoms with Gasteiger partial charge in [0.2, 0.25) is 11.8 Å². The number of nitrogens with one attached hydrogen (secondary N) is 2. The van der Waals surface area contributed by atoms with Gasteiger partial charge in [-0.25, -0.2) is 4.79 Å². The van der Waals surface area contributed by atoms with Gasteiger partial charge in [-0.15, -0.1) is 0 Å². The Bertz CT molecular complexity index is 604. The first-order chi connectivity index (χ1) is 10.2. The lowest BCUT2D eigenvalue weighted by Crippen LogP contribution is -2.20. The molecule has 0 saturated carbocycles. The smallest absolute Gasteiger partial charge is 0.338 e. The zero-order valence-corrected chi connectivity index (χ0v) is 15.4. The molecule has 0 bridgehead atoms. The van der Waals surface area contributed by atoms with Gasteiger partial charge >= 0.3 is 5.97 Å². The lowest BCUT2D eigenvalue weighted by atomic mass is 10.1. The van der Waals surface area contributed by atoms with Crippen LogP contribution in [0.5, 0.6) is 0 Å². The summed E-state index contributed by atoms with van der Waals surface area (Å²) in [5.41, 5.74) is -0.245. The van der Waals surface area contributed by atoms with E-state index in [0.29, 0.717) is 0 Å². The fourth-order valence-electron chi connectivity index (χ4n) is 1.43. The molecule has 5 N–H and O–H groups in total. The van der Waals surface area contributed by atoms with Gasteiger partial charge in [0.25, 0.3) is 0 Å². The van der Waals surface area contributed by atoms with Crippen LogP contribution < -0.4 is 10.6 Å². The van der Waals surface area contributed by atoms with Crippen LogP contribution in [0.2, 0.25) is 0 Å². The molecule has 1 aromatic rings. The number of carbonyl (C=O) groups is 3. The number of benzene rings is 1. The fourth-order valence-corrected chi connectivity index (χ4v) is 4.15. The lowest BCUT2D eigenvalue weighted by molar-refractivity contribution is -0.119. The summed E-state index contributed by atoms with van der Waals surface area (Å²) in [4.78, 5) is 34.1. The number of aliphatic hydroxyl groups excluding tert-OH is 2. The van der Waals surface area contributed by atoms with E-state index in [1.54, 1.807) is 0 Å². The van der Waals surface area contributed by atoms with Crippen LogP contribution in [-0.4, -0.2) is 46.3 Å². The number of carbonyl (C=O) groups excluding carboxylic acids is 2. The van der Waals surface area contributed by atoms with E-state index < -0.39 is 31.0 Å². The molecule has 2 amide bonds. The molecule has 1 aromatic carbocycles. The van der Waals surface area contributed by atoms with Crippen LogP contribution in [0.3, 0.4) is 0 Å². The maximum absolute atomic E-state index is 11.4. The van der Waals surface area contributed by atoms with E-state index in [1.165, 1.54) is 0 Å². The van der Waals surface area contributed by atoms with Crippen LogP contribution in [0, 0.1) is 0 Å². The number of rotatable bonds is 5. The standard InChI is InChI=1S/C11H9Br3N2O6/c12-6-5(11(21)22)7(13)10(16-4(20)2-18)8(14)9(6)15-3(19)1-17/h17-18H,1-2H2,(H,15,19)(H,16,20)(H,21,22). The first-order valence-electron chi connectivity index (χ1n) is 5.49. The molecule has 1 rings (SSSR count). The summed E-state index contributed by atoms with van der Waals surface area (Å²) < 4.78 is 0.213. The molecule has 0 fully saturated rings. The quantitative estimate of drug-likeness (QED) is 0.412. The molecule has 0 spiro atoms. The summed E-state index contributed by atoms with van der Waals surface area (Å²) >= 11 is 9.25. The van der Waals surface area contributed by atoms with Gasteiger partial charge in [0.05, 0.1) is 30.4 Å². The summed E-state index contributed by atoms with van der Waals surface area (Å²) in [7, 11) is 0. The summed E-state index contributed by atoms with van der Waals surface area (Å²) in [6, 6.07) is 0. The van der Waals surface area contributed by atoms with Gasteiger partial charge in [-0.1, -0.05) is 0 Å². The summed E-state index contributed by atoms with van der Waals surface area (Å²) in [5, 5.41) is 31.5. The molecule has 22 heavy (non-hydrogen) atoms.